The van der Waals surface area contributed by atoms with Crippen LogP contribution in [0, 0.1) is 0 Å². The highest BCUT2D eigenvalue weighted by Crippen LogP contribution is 2.31. The van der Waals surface area contributed by atoms with Crippen LogP contribution >= 0.6 is 15.9 Å². The van der Waals surface area contributed by atoms with Crippen LogP contribution in [-0.2, 0) is 11.5 Å². The Kier molecular flexibility index (Phi) is 4.70. The number of hydrogen-bond donors (Lipinski definition) is 1. The van der Waals surface area contributed by atoms with Crippen LogP contribution in [0.4, 0.5) is 0 Å². The molecule has 1 N–H and O–H groups in total. The third-order valence-electron chi connectivity index (χ3n) is 3.75. The fourth-order valence-corrected chi connectivity index (χ4v) is 3.58. The van der Waals surface area contributed by atoms with Gasteiger partial charge < -0.3 is 9.30 Å². The van der Waals surface area contributed by atoms with E-state index in [0.717, 1.165) is 39.4 Å². The third-order valence-corrected chi connectivity index (χ3v) is 6.15. The van der Waals surface area contributed by atoms with Crippen molar-refractivity contribution in [3.05, 3.63) is 35.2 Å². The van der Waals surface area contributed by atoms with E-state index >= 15 is 0 Å². The summed E-state index contributed by atoms with van der Waals surface area (Å²) in [5.74, 6) is 0. The zero-order chi connectivity index (χ0) is 16.4. The van der Waals surface area contributed by atoms with Crippen molar-refractivity contribution in [3.8, 4) is 11.3 Å². The maximum Gasteiger partial charge on any atom is 0.143 e. The van der Waals surface area contributed by atoms with E-state index in [0.29, 0.717) is 6.73 Å². The quantitative estimate of drug-likeness (QED) is 0.496. The highest BCUT2D eigenvalue weighted by atomic mass is 79.9. The van der Waals surface area contributed by atoms with Crippen molar-refractivity contribution in [2.75, 3.05) is 6.61 Å². The van der Waals surface area contributed by atoms with Gasteiger partial charge in [0.2, 0.25) is 0 Å². The molecule has 0 aliphatic heterocycles. The molecule has 0 amide bonds. The minimum absolute atomic E-state index is 0.498. The number of nitrogens with zero attached hydrogens (tertiary/aromatic N) is 3. The second-order valence-electron chi connectivity index (χ2n) is 6.82. The number of aromatic amines is 1. The lowest BCUT2D eigenvalue weighted by Gasteiger charge is -2.16. The molecule has 7 heteroatoms. The second-order valence-corrected chi connectivity index (χ2v) is 13.3. The van der Waals surface area contributed by atoms with E-state index in [4.69, 9.17) is 4.74 Å². The molecule has 0 saturated carbocycles. The SMILES string of the molecule is C[Si](C)(C)CCOCn1c(-c2cn[nH]c2)cc2c(Br)ccnc21. The molecule has 0 saturated heterocycles. The summed E-state index contributed by atoms with van der Waals surface area (Å²) < 4.78 is 9.09. The van der Waals surface area contributed by atoms with E-state index < -0.39 is 8.07 Å². The van der Waals surface area contributed by atoms with E-state index in [2.05, 4.69) is 61.4 Å². The van der Waals surface area contributed by atoms with Gasteiger partial charge >= 0.3 is 0 Å². The Hall–Kier alpha value is -1.44. The summed E-state index contributed by atoms with van der Waals surface area (Å²) in [5, 5.41) is 8.01. The number of halogens is 1. The first-order valence-corrected chi connectivity index (χ1v) is 12.2. The average molecular weight is 393 g/mol. The standard InChI is InChI=1S/C16H21BrN4OSi/c1-23(2,3)7-6-22-11-21-15(12-9-19-20-10-12)8-13-14(17)4-5-18-16(13)21/h4-5,8-10H,6-7,11H2,1-3H3,(H,19,20). The highest BCUT2D eigenvalue weighted by Gasteiger charge is 2.16. The first kappa shape index (κ1) is 16.4. The van der Waals surface area contributed by atoms with Gasteiger partial charge in [0, 0.05) is 42.5 Å². The number of aromatic nitrogens is 4. The van der Waals surface area contributed by atoms with Crippen molar-refractivity contribution < 1.29 is 4.74 Å². The van der Waals surface area contributed by atoms with E-state index in [1.807, 2.05) is 24.7 Å². The largest absolute Gasteiger partial charge is 0.361 e. The van der Waals surface area contributed by atoms with E-state index in [9.17, 15) is 0 Å². The Morgan fingerprint density at radius 1 is 1.35 bits per heavy atom. The van der Waals surface area contributed by atoms with Crippen molar-refractivity contribution in [1.29, 1.82) is 0 Å². The predicted molar refractivity (Wildman–Crippen MR) is 99.1 cm³/mol. The Bertz CT molecular complexity index is 792. The van der Waals surface area contributed by atoms with Crippen molar-refractivity contribution in [3.63, 3.8) is 0 Å². The van der Waals surface area contributed by atoms with Gasteiger partial charge in [-0.25, -0.2) is 4.98 Å². The van der Waals surface area contributed by atoms with Crippen LogP contribution in [0.25, 0.3) is 22.3 Å². The molecule has 5 nitrogen and oxygen atoms in total. The molecule has 0 unspecified atom stereocenters. The van der Waals surface area contributed by atoms with Crippen LogP contribution in [0.15, 0.2) is 35.2 Å². The second kappa shape index (κ2) is 6.58. The van der Waals surface area contributed by atoms with E-state index in [-0.39, 0.29) is 0 Å². The molecule has 0 aliphatic carbocycles. The number of fused-ring (bicyclic) bond motifs is 1. The summed E-state index contributed by atoms with van der Waals surface area (Å²) >= 11 is 3.60. The molecule has 3 heterocycles. The minimum Gasteiger partial charge on any atom is -0.361 e. The first-order valence-electron chi connectivity index (χ1n) is 7.66. The molecule has 3 rings (SSSR count). The Balaban J connectivity index is 1.91. The molecular formula is C16H21BrN4OSi. The monoisotopic (exact) mass is 392 g/mol. The molecule has 3 aromatic heterocycles. The van der Waals surface area contributed by atoms with Gasteiger partial charge in [0.25, 0.3) is 0 Å². The minimum atomic E-state index is -1.08. The van der Waals surface area contributed by atoms with Gasteiger partial charge in [-0.3, -0.25) is 5.10 Å². The van der Waals surface area contributed by atoms with Crippen LogP contribution in [0.3, 0.4) is 0 Å². The van der Waals surface area contributed by atoms with Crippen molar-refractivity contribution >= 4 is 35.0 Å². The maximum atomic E-state index is 5.95. The molecule has 23 heavy (non-hydrogen) atoms. The number of nitrogens with one attached hydrogen (secondary N) is 1. The van der Waals surface area contributed by atoms with Gasteiger partial charge in [-0.05, 0) is 34.1 Å². The van der Waals surface area contributed by atoms with Crippen LogP contribution in [0.1, 0.15) is 0 Å². The molecule has 0 spiro atoms. The number of hydrogen-bond acceptors (Lipinski definition) is 3. The number of pyridine rings is 1. The topological polar surface area (TPSA) is 55.7 Å². The highest BCUT2D eigenvalue weighted by molar-refractivity contribution is 9.10. The van der Waals surface area contributed by atoms with E-state index in [1.165, 1.54) is 0 Å². The van der Waals surface area contributed by atoms with E-state index in [1.54, 1.807) is 0 Å². The van der Waals surface area contributed by atoms with Gasteiger partial charge in [-0.2, -0.15) is 5.10 Å². The molecule has 122 valence electrons. The predicted octanol–water partition coefficient (Wildman–Crippen LogP) is 4.50. The summed E-state index contributed by atoms with van der Waals surface area (Å²) in [5.41, 5.74) is 3.01. The molecule has 0 bridgehead atoms. The van der Waals surface area contributed by atoms with Gasteiger partial charge in [-0.15, -0.1) is 0 Å². The first-order chi connectivity index (χ1) is 11.0. The summed E-state index contributed by atoms with van der Waals surface area (Å²) in [7, 11) is -1.08. The summed E-state index contributed by atoms with van der Waals surface area (Å²) in [6.07, 6.45) is 5.52. The van der Waals surface area contributed by atoms with Crippen LogP contribution in [0.5, 0.6) is 0 Å². The average Bonchev–Trinajstić information content (AvgIpc) is 3.11. The molecule has 0 fully saturated rings. The molecule has 3 aromatic rings. The lowest BCUT2D eigenvalue weighted by Crippen LogP contribution is -2.22. The summed E-state index contributed by atoms with van der Waals surface area (Å²) in [4.78, 5) is 4.53. The third kappa shape index (κ3) is 3.73. The fraction of sp³-hybridized carbons (Fsp3) is 0.375. The van der Waals surface area contributed by atoms with Gasteiger partial charge in [0.1, 0.15) is 12.4 Å². The zero-order valence-corrected chi connectivity index (χ0v) is 16.2. The molecule has 0 aromatic carbocycles. The van der Waals surface area contributed by atoms with Gasteiger partial charge in [0.15, 0.2) is 0 Å². The smallest absolute Gasteiger partial charge is 0.143 e. The zero-order valence-electron chi connectivity index (χ0n) is 13.6. The lowest BCUT2D eigenvalue weighted by molar-refractivity contribution is 0.0909. The van der Waals surface area contributed by atoms with Crippen LogP contribution < -0.4 is 0 Å². The van der Waals surface area contributed by atoms with Crippen molar-refractivity contribution in [2.24, 2.45) is 0 Å². The van der Waals surface area contributed by atoms with Gasteiger partial charge in [-0.1, -0.05) is 19.6 Å². The number of ether oxygens (including phenoxy) is 1. The molecule has 0 atom stereocenters. The van der Waals surface area contributed by atoms with Crippen LogP contribution in [0.2, 0.25) is 25.7 Å². The maximum absolute atomic E-state index is 5.95. The molecular weight excluding hydrogens is 372 g/mol. The fourth-order valence-electron chi connectivity index (χ4n) is 2.41. The summed E-state index contributed by atoms with van der Waals surface area (Å²) in [6.45, 7) is 8.36. The van der Waals surface area contributed by atoms with Gasteiger partial charge in [0.05, 0.1) is 11.9 Å². The molecule has 0 aliphatic rings. The molecule has 0 radical (unpaired) electrons. The Labute approximate surface area is 145 Å². The Morgan fingerprint density at radius 3 is 2.87 bits per heavy atom. The number of H-pyrrole nitrogens is 1. The Morgan fingerprint density at radius 2 is 2.17 bits per heavy atom. The lowest BCUT2D eigenvalue weighted by atomic mass is 10.2. The summed E-state index contributed by atoms with van der Waals surface area (Å²) in [6, 6.07) is 5.24. The van der Waals surface area contributed by atoms with Crippen molar-refractivity contribution in [2.45, 2.75) is 32.4 Å². The number of rotatable bonds is 6. The van der Waals surface area contributed by atoms with Crippen LogP contribution in [-0.4, -0.2) is 34.4 Å². The normalized spacial score (nSPS) is 12.2. The van der Waals surface area contributed by atoms with Crippen molar-refractivity contribution in [1.82, 2.24) is 19.7 Å².